The van der Waals surface area contributed by atoms with Crippen molar-refractivity contribution in [1.82, 2.24) is 0 Å². The van der Waals surface area contributed by atoms with Crippen LogP contribution in [0, 0.1) is 12.8 Å². The van der Waals surface area contributed by atoms with Crippen molar-refractivity contribution in [3.63, 3.8) is 0 Å². The van der Waals surface area contributed by atoms with E-state index in [1.54, 1.807) is 0 Å². The number of nitrogens with one attached hydrogen (secondary N) is 1. The molecule has 1 atom stereocenters. The van der Waals surface area contributed by atoms with Gasteiger partial charge >= 0.3 is 0 Å². The van der Waals surface area contributed by atoms with Crippen molar-refractivity contribution in [2.45, 2.75) is 26.7 Å². The third-order valence-corrected chi connectivity index (χ3v) is 4.52. The number of hydrogen-bond acceptors (Lipinski definition) is 2. The summed E-state index contributed by atoms with van der Waals surface area (Å²) in [7, 11) is 0. The maximum Gasteiger partial charge on any atom is 0.231 e. The SMILES string of the molecule is CCc1cccc(C)c1NC(=O)[C@@H]1COc2ccc(Cl)cc2C1. The van der Waals surface area contributed by atoms with Gasteiger partial charge in [0.2, 0.25) is 5.91 Å². The molecule has 23 heavy (non-hydrogen) atoms. The lowest BCUT2D eigenvalue weighted by molar-refractivity contribution is -0.121. The molecule has 1 heterocycles. The van der Waals surface area contributed by atoms with E-state index in [1.165, 1.54) is 0 Å². The zero-order valence-corrected chi connectivity index (χ0v) is 14.1. The summed E-state index contributed by atoms with van der Waals surface area (Å²) < 4.78 is 5.72. The molecule has 0 saturated carbocycles. The molecule has 0 aromatic heterocycles. The average molecular weight is 330 g/mol. The number of carbonyl (C=O) groups excluding carboxylic acids is 1. The van der Waals surface area contributed by atoms with Gasteiger partial charge < -0.3 is 10.1 Å². The zero-order valence-electron chi connectivity index (χ0n) is 13.4. The van der Waals surface area contributed by atoms with E-state index in [4.69, 9.17) is 16.3 Å². The lowest BCUT2D eigenvalue weighted by atomic mass is 9.95. The van der Waals surface area contributed by atoms with Gasteiger partial charge in [-0.1, -0.05) is 36.7 Å². The Morgan fingerprint density at radius 1 is 1.35 bits per heavy atom. The van der Waals surface area contributed by atoms with E-state index >= 15 is 0 Å². The molecule has 0 bridgehead atoms. The third-order valence-electron chi connectivity index (χ3n) is 4.29. The number of carbonyl (C=O) groups is 1. The predicted octanol–water partition coefficient (Wildman–Crippen LogP) is 4.40. The van der Waals surface area contributed by atoms with Crippen molar-refractivity contribution < 1.29 is 9.53 Å². The van der Waals surface area contributed by atoms with Gasteiger partial charge in [-0.25, -0.2) is 0 Å². The zero-order chi connectivity index (χ0) is 16.4. The van der Waals surface area contributed by atoms with Gasteiger partial charge in [-0.2, -0.15) is 0 Å². The maximum atomic E-state index is 12.7. The highest BCUT2D eigenvalue weighted by atomic mass is 35.5. The Morgan fingerprint density at radius 2 is 2.17 bits per heavy atom. The van der Waals surface area contributed by atoms with Crippen LogP contribution in [0.1, 0.15) is 23.6 Å². The highest BCUT2D eigenvalue weighted by Gasteiger charge is 2.26. The first kappa shape index (κ1) is 15.9. The predicted molar refractivity (Wildman–Crippen MR) is 93.3 cm³/mol. The Balaban J connectivity index is 1.78. The lowest BCUT2D eigenvalue weighted by Crippen LogP contribution is -2.33. The molecule has 1 N–H and O–H groups in total. The summed E-state index contributed by atoms with van der Waals surface area (Å²) in [5.74, 6) is 0.619. The summed E-state index contributed by atoms with van der Waals surface area (Å²) in [6.45, 7) is 4.50. The number of amides is 1. The summed E-state index contributed by atoms with van der Waals surface area (Å²) in [6.07, 6.45) is 1.53. The summed E-state index contributed by atoms with van der Waals surface area (Å²) in [5.41, 5.74) is 4.15. The van der Waals surface area contributed by atoms with Crippen molar-refractivity contribution in [1.29, 1.82) is 0 Å². The molecule has 4 heteroatoms. The summed E-state index contributed by atoms with van der Waals surface area (Å²) in [4.78, 5) is 12.7. The molecule has 3 nitrogen and oxygen atoms in total. The van der Waals surface area contributed by atoms with E-state index < -0.39 is 0 Å². The van der Waals surface area contributed by atoms with E-state index in [-0.39, 0.29) is 11.8 Å². The second-order valence-corrected chi connectivity index (χ2v) is 6.35. The molecular weight excluding hydrogens is 310 g/mol. The number of ether oxygens (including phenoxy) is 1. The van der Waals surface area contributed by atoms with Gasteiger partial charge in [0.05, 0.1) is 5.92 Å². The maximum absolute atomic E-state index is 12.7. The normalized spacial score (nSPS) is 16.4. The highest BCUT2D eigenvalue weighted by molar-refractivity contribution is 6.30. The first-order chi connectivity index (χ1) is 11.1. The summed E-state index contributed by atoms with van der Waals surface area (Å²) in [5, 5.41) is 3.76. The molecule has 1 amide bonds. The van der Waals surface area contributed by atoms with Crippen LogP contribution in [0.3, 0.4) is 0 Å². The molecule has 120 valence electrons. The Labute approximate surface area is 141 Å². The number of fused-ring (bicyclic) bond motifs is 1. The lowest BCUT2D eigenvalue weighted by Gasteiger charge is -2.25. The number of hydrogen-bond donors (Lipinski definition) is 1. The molecule has 0 saturated heterocycles. The minimum absolute atomic E-state index is 0.000347. The first-order valence-electron chi connectivity index (χ1n) is 7.89. The number of anilines is 1. The monoisotopic (exact) mass is 329 g/mol. The number of benzene rings is 2. The van der Waals surface area contributed by atoms with Crippen molar-refractivity contribution in [2.75, 3.05) is 11.9 Å². The minimum atomic E-state index is -0.203. The molecule has 2 aromatic carbocycles. The first-order valence-corrected chi connectivity index (χ1v) is 8.27. The topological polar surface area (TPSA) is 38.3 Å². The van der Waals surface area contributed by atoms with E-state index in [9.17, 15) is 4.79 Å². The van der Waals surface area contributed by atoms with Gasteiger partial charge in [0, 0.05) is 10.7 Å². The second-order valence-electron chi connectivity index (χ2n) is 5.92. The van der Waals surface area contributed by atoms with E-state index in [2.05, 4.69) is 18.3 Å². The van der Waals surface area contributed by atoms with Crippen LogP contribution in [-0.2, 0) is 17.6 Å². The van der Waals surface area contributed by atoms with E-state index in [1.807, 2.05) is 37.3 Å². The van der Waals surface area contributed by atoms with Crippen LogP contribution in [0.15, 0.2) is 36.4 Å². The standard InChI is InChI=1S/C19H20ClNO2/c1-3-13-6-4-5-12(2)18(13)21-19(22)15-9-14-10-16(20)7-8-17(14)23-11-15/h4-8,10,15H,3,9,11H2,1-2H3,(H,21,22)/t15-/m0/s1. The van der Waals surface area contributed by atoms with Gasteiger partial charge in [0.25, 0.3) is 0 Å². The molecule has 0 unspecified atom stereocenters. The largest absolute Gasteiger partial charge is 0.492 e. The average Bonchev–Trinajstić information content (AvgIpc) is 2.55. The fourth-order valence-electron chi connectivity index (χ4n) is 2.96. The fraction of sp³-hybridized carbons (Fsp3) is 0.316. The molecule has 3 rings (SSSR count). The molecule has 0 spiro atoms. The molecule has 1 aliphatic heterocycles. The van der Waals surface area contributed by atoms with Gasteiger partial charge in [-0.15, -0.1) is 0 Å². The van der Waals surface area contributed by atoms with Gasteiger partial charge in [0.1, 0.15) is 12.4 Å². The van der Waals surface area contributed by atoms with Crippen molar-refractivity contribution >= 4 is 23.2 Å². The van der Waals surface area contributed by atoms with Crippen LogP contribution in [0.2, 0.25) is 5.02 Å². The van der Waals surface area contributed by atoms with E-state index in [0.717, 1.165) is 34.5 Å². The van der Waals surface area contributed by atoms with Gasteiger partial charge in [-0.05, 0) is 54.7 Å². The van der Waals surface area contributed by atoms with Crippen LogP contribution in [0.25, 0.3) is 0 Å². The number of aryl methyl sites for hydroxylation is 2. The summed E-state index contributed by atoms with van der Waals surface area (Å²) in [6, 6.07) is 11.6. The number of para-hydroxylation sites is 1. The number of halogens is 1. The second kappa shape index (κ2) is 6.63. The minimum Gasteiger partial charge on any atom is -0.492 e. The van der Waals surface area contributed by atoms with Crippen molar-refractivity contribution in [2.24, 2.45) is 5.92 Å². The molecular formula is C19H20ClNO2. The Bertz CT molecular complexity index is 742. The van der Waals surface area contributed by atoms with Gasteiger partial charge in [-0.3, -0.25) is 4.79 Å². The Hall–Kier alpha value is -2.00. The van der Waals surface area contributed by atoms with Crippen LogP contribution < -0.4 is 10.1 Å². The smallest absolute Gasteiger partial charge is 0.231 e. The van der Waals surface area contributed by atoms with Crippen molar-refractivity contribution in [3.8, 4) is 5.75 Å². The Morgan fingerprint density at radius 3 is 2.96 bits per heavy atom. The van der Waals surface area contributed by atoms with Gasteiger partial charge in [0.15, 0.2) is 0 Å². The van der Waals surface area contributed by atoms with Crippen LogP contribution in [0.4, 0.5) is 5.69 Å². The third kappa shape index (κ3) is 3.35. The van der Waals surface area contributed by atoms with Crippen LogP contribution in [0.5, 0.6) is 5.75 Å². The van der Waals surface area contributed by atoms with Crippen molar-refractivity contribution in [3.05, 3.63) is 58.1 Å². The molecule has 0 fully saturated rings. The molecule has 0 radical (unpaired) electrons. The van der Waals surface area contributed by atoms with E-state index in [0.29, 0.717) is 18.1 Å². The summed E-state index contributed by atoms with van der Waals surface area (Å²) >= 11 is 6.04. The number of rotatable bonds is 3. The van der Waals surface area contributed by atoms with Crippen LogP contribution >= 0.6 is 11.6 Å². The quantitative estimate of drug-likeness (QED) is 0.906. The molecule has 1 aliphatic rings. The molecule has 2 aromatic rings. The highest BCUT2D eigenvalue weighted by Crippen LogP contribution is 2.31. The Kier molecular flexibility index (Phi) is 4.58. The van der Waals surface area contributed by atoms with Crippen LogP contribution in [-0.4, -0.2) is 12.5 Å². The fourth-order valence-corrected chi connectivity index (χ4v) is 3.15. The molecule has 0 aliphatic carbocycles.